The zero-order valence-corrected chi connectivity index (χ0v) is 14.9. The minimum atomic E-state index is -0.285. The number of hydrogen-bond acceptors (Lipinski definition) is 2. The van der Waals surface area contributed by atoms with Gasteiger partial charge in [0.2, 0.25) is 0 Å². The Morgan fingerprint density at radius 1 is 1.16 bits per heavy atom. The van der Waals surface area contributed by atoms with Crippen molar-refractivity contribution in [3.8, 4) is 11.3 Å². The Morgan fingerprint density at radius 3 is 2.44 bits per heavy atom. The van der Waals surface area contributed by atoms with Crippen LogP contribution in [0, 0.1) is 19.7 Å². The van der Waals surface area contributed by atoms with Gasteiger partial charge in [0, 0.05) is 16.8 Å². The zero-order chi connectivity index (χ0) is 18.1. The van der Waals surface area contributed by atoms with Crippen LogP contribution in [-0.2, 0) is 4.79 Å². The lowest BCUT2D eigenvalue weighted by atomic mass is 9.92. The fourth-order valence-corrected chi connectivity index (χ4v) is 3.36. The van der Waals surface area contributed by atoms with Gasteiger partial charge in [0.15, 0.2) is 0 Å². The Morgan fingerprint density at radius 2 is 1.84 bits per heavy atom. The van der Waals surface area contributed by atoms with Crippen molar-refractivity contribution in [2.24, 2.45) is 0 Å². The van der Waals surface area contributed by atoms with E-state index in [-0.39, 0.29) is 11.7 Å². The zero-order valence-electron chi connectivity index (χ0n) is 14.9. The van der Waals surface area contributed by atoms with Crippen LogP contribution in [0.25, 0.3) is 22.9 Å². The average Bonchev–Trinajstić information content (AvgIpc) is 2.86. The summed E-state index contributed by atoms with van der Waals surface area (Å²) < 4.78 is 15.3. The van der Waals surface area contributed by atoms with Gasteiger partial charge in [-0.3, -0.25) is 4.79 Å². The maximum absolute atomic E-state index is 13.3. The summed E-state index contributed by atoms with van der Waals surface area (Å²) in [5.41, 5.74) is 6.88. The van der Waals surface area contributed by atoms with Gasteiger partial charge in [0.05, 0.1) is 11.2 Å². The molecule has 0 saturated heterocycles. The molecule has 0 saturated carbocycles. The molecule has 3 rings (SSSR count). The number of aryl methyl sites for hydroxylation is 2. The molecule has 0 unspecified atom stereocenters. The molecule has 3 aromatic rings. The molecular formula is C21H21FN2O. The summed E-state index contributed by atoms with van der Waals surface area (Å²) in [5, 5.41) is 4.82. The normalized spacial score (nSPS) is 11.8. The Labute approximate surface area is 146 Å². The average molecular weight is 336 g/mol. The molecule has 0 fully saturated rings. The summed E-state index contributed by atoms with van der Waals surface area (Å²) in [6, 6.07) is 8.40. The summed E-state index contributed by atoms with van der Waals surface area (Å²) in [7, 11) is 0. The van der Waals surface area contributed by atoms with Crippen LogP contribution in [0.3, 0.4) is 0 Å². The standard InChI is InChI=1S/C21H21FN2O/c1-13(2)19-18(6-5-11-25)20(16-7-9-17(22)10-8-16)23-24-15(4)12-14(3)21(19)24/h5-13H,1-4H3. The monoisotopic (exact) mass is 336 g/mol. The van der Waals surface area contributed by atoms with E-state index in [2.05, 4.69) is 26.8 Å². The van der Waals surface area contributed by atoms with Gasteiger partial charge in [-0.05, 0) is 73.4 Å². The van der Waals surface area contributed by atoms with Crippen LogP contribution in [0.1, 0.15) is 42.1 Å². The summed E-state index contributed by atoms with van der Waals surface area (Å²) in [4.78, 5) is 10.9. The lowest BCUT2D eigenvalue weighted by Crippen LogP contribution is -2.06. The molecule has 128 valence electrons. The number of nitrogens with zero attached hydrogens (tertiary/aromatic N) is 2. The van der Waals surface area contributed by atoms with Gasteiger partial charge >= 0.3 is 0 Å². The van der Waals surface area contributed by atoms with Crippen LogP contribution in [0.4, 0.5) is 4.39 Å². The minimum Gasteiger partial charge on any atom is -0.299 e. The van der Waals surface area contributed by atoms with Crippen LogP contribution in [-0.4, -0.2) is 15.9 Å². The van der Waals surface area contributed by atoms with E-state index >= 15 is 0 Å². The van der Waals surface area contributed by atoms with Crippen LogP contribution in [0.2, 0.25) is 0 Å². The van der Waals surface area contributed by atoms with E-state index in [1.165, 1.54) is 18.2 Å². The van der Waals surface area contributed by atoms with Crippen molar-refractivity contribution in [1.29, 1.82) is 0 Å². The first-order chi connectivity index (χ1) is 11.9. The highest BCUT2D eigenvalue weighted by molar-refractivity contribution is 5.84. The van der Waals surface area contributed by atoms with Crippen molar-refractivity contribution in [2.45, 2.75) is 33.6 Å². The number of aldehydes is 1. The third-order valence-corrected chi connectivity index (χ3v) is 4.38. The summed E-state index contributed by atoms with van der Waals surface area (Å²) in [5.74, 6) is -0.0455. The first-order valence-electron chi connectivity index (χ1n) is 8.34. The number of halogens is 1. The molecule has 0 N–H and O–H groups in total. The topological polar surface area (TPSA) is 34.4 Å². The Kier molecular flexibility index (Phi) is 4.53. The lowest BCUT2D eigenvalue weighted by molar-refractivity contribution is -0.104. The second-order valence-corrected chi connectivity index (χ2v) is 6.56. The van der Waals surface area contributed by atoms with Crippen molar-refractivity contribution in [3.05, 3.63) is 64.6 Å². The van der Waals surface area contributed by atoms with E-state index in [1.54, 1.807) is 18.2 Å². The highest BCUT2D eigenvalue weighted by atomic mass is 19.1. The second kappa shape index (κ2) is 6.63. The number of allylic oxidation sites excluding steroid dienone is 1. The molecule has 0 bridgehead atoms. The van der Waals surface area contributed by atoms with Gasteiger partial charge in [-0.1, -0.05) is 13.8 Å². The highest BCUT2D eigenvalue weighted by Crippen LogP contribution is 2.35. The molecule has 0 amide bonds. The number of fused-ring (bicyclic) bond motifs is 1. The van der Waals surface area contributed by atoms with Crippen molar-refractivity contribution in [3.63, 3.8) is 0 Å². The molecule has 0 aliphatic rings. The van der Waals surface area contributed by atoms with E-state index in [1.807, 2.05) is 11.4 Å². The Hall–Kier alpha value is -2.75. The van der Waals surface area contributed by atoms with E-state index < -0.39 is 0 Å². The minimum absolute atomic E-state index is 0.240. The van der Waals surface area contributed by atoms with Gasteiger partial charge in [0.1, 0.15) is 12.1 Å². The molecule has 1 aromatic carbocycles. The summed E-state index contributed by atoms with van der Waals surface area (Å²) in [6.45, 7) is 8.35. The molecule has 0 spiro atoms. The maximum Gasteiger partial charge on any atom is 0.142 e. The SMILES string of the molecule is Cc1cc(C)n2nc(-c3ccc(F)cc3)c(C=CC=O)c(C(C)C)c12. The number of benzene rings is 1. The Bertz CT molecular complexity index is 966. The van der Waals surface area contributed by atoms with Crippen LogP contribution >= 0.6 is 0 Å². The van der Waals surface area contributed by atoms with Crippen molar-refractivity contribution in [1.82, 2.24) is 9.61 Å². The van der Waals surface area contributed by atoms with Crippen LogP contribution in [0.5, 0.6) is 0 Å². The molecule has 0 atom stereocenters. The second-order valence-electron chi connectivity index (χ2n) is 6.56. The number of rotatable bonds is 4. The van der Waals surface area contributed by atoms with Crippen LogP contribution in [0.15, 0.2) is 36.4 Å². The number of aromatic nitrogens is 2. The smallest absolute Gasteiger partial charge is 0.142 e. The van der Waals surface area contributed by atoms with Gasteiger partial charge in [-0.2, -0.15) is 5.10 Å². The largest absolute Gasteiger partial charge is 0.299 e. The fraction of sp³-hybridized carbons (Fsp3) is 0.238. The molecular weight excluding hydrogens is 315 g/mol. The molecule has 3 nitrogen and oxygen atoms in total. The van der Waals surface area contributed by atoms with Gasteiger partial charge in [-0.15, -0.1) is 0 Å². The van der Waals surface area contributed by atoms with E-state index in [0.717, 1.165) is 45.4 Å². The van der Waals surface area contributed by atoms with Gasteiger partial charge in [0.25, 0.3) is 0 Å². The predicted molar refractivity (Wildman–Crippen MR) is 99.2 cm³/mol. The number of hydrogen-bond donors (Lipinski definition) is 0. The van der Waals surface area contributed by atoms with E-state index in [4.69, 9.17) is 5.10 Å². The molecule has 4 heteroatoms. The third kappa shape index (κ3) is 3.00. The molecule has 25 heavy (non-hydrogen) atoms. The van der Waals surface area contributed by atoms with Crippen LogP contribution < -0.4 is 0 Å². The quantitative estimate of drug-likeness (QED) is 0.491. The van der Waals surface area contributed by atoms with Crippen molar-refractivity contribution in [2.75, 3.05) is 0 Å². The van der Waals surface area contributed by atoms with E-state index in [9.17, 15) is 9.18 Å². The van der Waals surface area contributed by atoms with Gasteiger partial charge in [-0.25, -0.2) is 8.91 Å². The lowest BCUT2D eigenvalue weighted by Gasteiger charge is -2.18. The first kappa shape index (κ1) is 17.1. The molecule has 2 aromatic heterocycles. The molecule has 2 heterocycles. The summed E-state index contributed by atoms with van der Waals surface area (Å²) in [6.07, 6.45) is 4.05. The van der Waals surface area contributed by atoms with E-state index in [0.29, 0.717) is 0 Å². The van der Waals surface area contributed by atoms with Crippen molar-refractivity contribution < 1.29 is 9.18 Å². The predicted octanol–water partition coefficient (Wildman–Crippen LogP) is 5.09. The third-order valence-electron chi connectivity index (χ3n) is 4.38. The van der Waals surface area contributed by atoms with Gasteiger partial charge < -0.3 is 0 Å². The molecule has 0 radical (unpaired) electrons. The van der Waals surface area contributed by atoms with Crippen molar-refractivity contribution >= 4 is 17.9 Å². The highest BCUT2D eigenvalue weighted by Gasteiger charge is 2.20. The summed E-state index contributed by atoms with van der Waals surface area (Å²) >= 11 is 0. The fourth-order valence-electron chi connectivity index (χ4n) is 3.36. The number of carbonyl (C=O) groups excluding carboxylic acids is 1. The molecule has 0 aliphatic heterocycles. The maximum atomic E-state index is 13.3. The molecule has 0 aliphatic carbocycles. The number of carbonyl (C=O) groups is 1. The first-order valence-corrected chi connectivity index (χ1v) is 8.34. The Balaban J connectivity index is 2.45.